The molecule has 0 saturated heterocycles. The first-order valence-electron chi connectivity index (χ1n) is 12.3. The molecule has 1 aromatic heterocycles. The Balaban J connectivity index is 1.71. The molecule has 1 N–H and O–H groups in total. The monoisotopic (exact) mass is 494 g/mol. The summed E-state index contributed by atoms with van der Waals surface area (Å²) in [4.78, 5) is 6.52. The molecule has 6 rings (SSSR count). The third kappa shape index (κ3) is 3.20. The zero-order valence-corrected chi connectivity index (χ0v) is 20.6. The first-order valence-corrected chi connectivity index (χ1v) is 12.3. The van der Waals surface area contributed by atoms with Crippen molar-refractivity contribution >= 4 is 0 Å². The second-order valence-electron chi connectivity index (χ2n) is 10.0. The molecule has 3 aromatic rings. The van der Waals surface area contributed by atoms with Gasteiger partial charge < -0.3 is 24.2 Å². The fraction of sp³-hybridized carbons (Fsp3) is 0.345. The van der Waals surface area contributed by atoms with E-state index in [0.717, 1.165) is 5.56 Å². The molecular formula is C29H26N4O4. The van der Waals surface area contributed by atoms with Crippen LogP contribution in [0.1, 0.15) is 33.9 Å². The van der Waals surface area contributed by atoms with Crippen molar-refractivity contribution in [1.82, 2.24) is 9.88 Å². The van der Waals surface area contributed by atoms with Crippen molar-refractivity contribution in [3.05, 3.63) is 88.6 Å². The molecule has 5 atom stereocenters. The highest BCUT2D eigenvalue weighted by molar-refractivity contribution is 5.60. The van der Waals surface area contributed by atoms with Gasteiger partial charge in [0.2, 0.25) is 5.88 Å². The molecule has 0 spiro atoms. The Bertz CT molecular complexity index is 1430. The SMILES string of the molecule is CN(C)C[C@H]1[C@H]2OCCOc3nc(C#N)cc4c3[C@@]2(O)[C@@](c2ccc(C#N)cc2)(O4)[C@@H]1c1ccccc1. The number of nitriles is 2. The molecule has 186 valence electrons. The molecule has 0 bridgehead atoms. The van der Waals surface area contributed by atoms with E-state index in [1.807, 2.05) is 56.6 Å². The lowest BCUT2D eigenvalue weighted by atomic mass is 9.70. The van der Waals surface area contributed by atoms with E-state index in [4.69, 9.17) is 14.2 Å². The van der Waals surface area contributed by atoms with E-state index in [2.05, 4.69) is 22.0 Å². The van der Waals surface area contributed by atoms with E-state index in [1.54, 1.807) is 18.2 Å². The molecular weight excluding hydrogens is 468 g/mol. The topological polar surface area (TPSA) is 112 Å². The van der Waals surface area contributed by atoms with Gasteiger partial charge >= 0.3 is 0 Å². The van der Waals surface area contributed by atoms with E-state index >= 15 is 0 Å². The Kier molecular flexibility index (Phi) is 5.43. The number of aliphatic hydroxyl groups is 1. The maximum Gasteiger partial charge on any atom is 0.224 e. The maximum absolute atomic E-state index is 13.1. The maximum atomic E-state index is 13.1. The molecule has 2 aromatic carbocycles. The summed E-state index contributed by atoms with van der Waals surface area (Å²) >= 11 is 0. The van der Waals surface area contributed by atoms with Crippen molar-refractivity contribution in [2.24, 2.45) is 5.92 Å². The zero-order chi connectivity index (χ0) is 25.8. The standard InChI is InChI=1S/C29H26N4O4/c1-33(2)17-22-24(19-6-4-3-5-7-19)29(20-10-8-18(15-30)9-11-20)28(34)25-23(37-29)14-21(16-31)32-27(25)36-13-12-35-26(22)28/h3-11,14,22,24,26,34H,12-13,17H2,1-2H3/t22-,24-,26-,28+,29+/m1/s1. The minimum Gasteiger partial charge on any atom is -0.478 e. The third-order valence-corrected chi connectivity index (χ3v) is 7.75. The van der Waals surface area contributed by atoms with Crippen molar-refractivity contribution in [3.63, 3.8) is 0 Å². The van der Waals surface area contributed by atoms with Crippen LogP contribution in [0, 0.1) is 28.6 Å². The Morgan fingerprint density at radius 1 is 1.05 bits per heavy atom. The quantitative estimate of drug-likeness (QED) is 0.589. The summed E-state index contributed by atoms with van der Waals surface area (Å²) < 4.78 is 19.3. The summed E-state index contributed by atoms with van der Waals surface area (Å²) in [5.41, 5.74) is -0.264. The van der Waals surface area contributed by atoms with Gasteiger partial charge in [0, 0.05) is 24.4 Å². The van der Waals surface area contributed by atoms with Crippen LogP contribution in [0.3, 0.4) is 0 Å². The van der Waals surface area contributed by atoms with Gasteiger partial charge in [-0.3, -0.25) is 0 Å². The smallest absolute Gasteiger partial charge is 0.224 e. The Hall–Kier alpha value is -3.95. The van der Waals surface area contributed by atoms with Gasteiger partial charge in [0.05, 0.1) is 23.8 Å². The number of hydrogen-bond acceptors (Lipinski definition) is 8. The number of ether oxygens (including phenoxy) is 3. The van der Waals surface area contributed by atoms with Crippen molar-refractivity contribution in [2.75, 3.05) is 33.9 Å². The predicted molar refractivity (Wildman–Crippen MR) is 133 cm³/mol. The van der Waals surface area contributed by atoms with Crippen LogP contribution in [0.15, 0.2) is 60.7 Å². The minimum atomic E-state index is -1.69. The van der Waals surface area contributed by atoms with Gasteiger partial charge in [-0.15, -0.1) is 0 Å². The minimum absolute atomic E-state index is 0.145. The van der Waals surface area contributed by atoms with Crippen molar-refractivity contribution in [1.29, 1.82) is 10.5 Å². The lowest BCUT2D eigenvalue weighted by Crippen LogP contribution is -2.53. The van der Waals surface area contributed by atoms with Crippen LogP contribution in [-0.4, -0.2) is 54.9 Å². The average Bonchev–Trinajstić information content (AvgIpc) is 3.27. The molecule has 0 radical (unpaired) electrons. The highest BCUT2D eigenvalue weighted by Crippen LogP contribution is 2.70. The third-order valence-electron chi connectivity index (χ3n) is 7.75. The van der Waals surface area contributed by atoms with Crippen LogP contribution < -0.4 is 9.47 Å². The van der Waals surface area contributed by atoms with Crippen molar-refractivity contribution in [2.45, 2.75) is 23.2 Å². The zero-order valence-electron chi connectivity index (χ0n) is 20.6. The summed E-state index contributed by atoms with van der Waals surface area (Å²) in [5.74, 6) is 0.0292. The summed E-state index contributed by atoms with van der Waals surface area (Å²) in [5, 5.41) is 32.2. The summed E-state index contributed by atoms with van der Waals surface area (Å²) in [6.45, 7) is 1.10. The molecule has 3 aliphatic rings. The van der Waals surface area contributed by atoms with Gasteiger partial charge in [0.1, 0.15) is 30.2 Å². The Labute approximate surface area is 215 Å². The van der Waals surface area contributed by atoms with Crippen LogP contribution in [0.25, 0.3) is 0 Å². The van der Waals surface area contributed by atoms with E-state index in [1.165, 1.54) is 0 Å². The van der Waals surface area contributed by atoms with Gasteiger partial charge in [0.25, 0.3) is 0 Å². The number of pyridine rings is 1. The fourth-order valence-corrected chi connectivity index (χ4v) is 6.54. The van der Waals surface area contributed by atoms with Crippen molar-refractivity contribution < 1.29 is 19.3 Å². The summed E-state index contributed by atoms with van der Waals surface area (Å²) in [6, 6.07) is 23.0. The highest BCUT2D eigenvalue weighted by Gasteiger charge is 2.77. The summed E-state index contributed by atoms with van der Waals surface area (Å²) in [7, 11) is 4.00. The molecule has 0 unspecified atom stereocenters. The van der Waals surface area contributed by atoms with E-state index in [0.29, 0.717) is 29.0 Å². The Morgan fingerprint density at radius 3 is 2.49 bits per heavy atom. The van der Waals surface area contributed by atoms with E-state index in [-0.39, 0.29) is 36.6 Å². The lowest BCUT2D eigenvalue weighted by Gasteiger charge is -2.41. The highest BCUT2D eigenvalue weighted by atomic mass is 16.6. The second kappa shape index (κ2) is 8.57. The predicted octanol–water partition coefficient (Wildman–Crippen LogP) is 3.05. The fourth-order valence-electron chi connectivity index (χ4n) is 6.54. The first kappa shape index (κ1) is 23.4. The van der Waals surface area contributed by atoms with Crippen LogP contribution in [-0.2, 0) is 15.9 Å². The van der Waals surface area contributed by atoms with Gasteiger partial charge in [0.15, 0.2) is 11.2 Å². The largest absolute Gasteiger partial charge is 0.478 e. The molecule has 37 heavy (non-hydrogen) atoms. The molecule has 1 saturated carbocycles. The second-order valence-corrected chi connectivity index (χ2v) is 10.0. The normalized spacial score (nSPS) is 29.3. The molecule has 8 heteroatoms. The molecule has 1 aliphatic carbocycles. The van der Waals surface area contributed by atoms with E-state index in [9.17, 15) is 15.6 Å². The van der Waals surface area contributed by atoms with Crippen molar-refractivity contribution in [3.8, 4) is 23.8 Å². The number of rotatable bonds is 4. The molecule has 2 aliphatic heterocycles. The van der Waals surface area contributed by atoms with Crippen LogP contribution >= 0.6 is 0 Å². The molecule has 0 amide bonds. The Morgan fingerprint density at radius 2 is 1.81 bits per heavy atom. The van der Waals surface area contributed by atoms with Gasteiger partial charge in [-0.1, -0.05) is 42.5 Å². The number of hydrogen-bond donors (Lipinski definition) is 1. The van der Waals surface area contributed by atoms with Gasteiger partial charge in [-0.25, -0.2) is 4.98 Å². The van der Waals surface area contributed by atoms with E-state index < -0.39 is 17.3 Å². The van der Waals surface area contributed by atoms with Crippen LogP contribution in [0.4, 0.5) is 0 Å². The molecule has 8 nitrogen and oxygen atoms in total. The number of benzene rings is 2. The van der Waals surface area contributed by atoms with Crippen LogP contribution in [0.5, 0.6) is 11.6 Å². The number of aromatic nitrogens is 1. The molecule has 3 heterocycles. The average molecular weight is 495 g/mol. The first-order chi connectivity index (χ1) is 17.9. The number of nitrogens with zero attached hydrogens (tertiary/aromatic N) is 4. The van der Waals surface area contributed by atoms with Gasteiger partial charge in [-0.05, 0) is 37.4 Å². The van der Waals surface area contributed by atoms with Crippen LogP contribution in [0.2, 0.25) is 0 Å². The van der Waals surface area contributed by atoms with Gasteiger partial charge in [-0.2, -0.15) is 10.5 Å². The molecule has 1 fully saturated rings. The summed E-state index contributed by atoms with van der Waals surface area (Å²) in [6.07, 6.45) is -0.658. The lowest BCUT2D eigenvalue weighted by molar-refractivity contribution is -0.175.